The Morgan fingerprint density at radius 3 is 3.09 bits per heavy atom. The summed E-state index contributed by atoms with van der Waals surface area (Å²) in [4.78, 5) is 0. The van der Waals surface area contributed by atoms with E-state index in [9.17, 15) is 4.39 Å². The normalized spacial score (nSPS) is 10.7. The summed E-state index contributed by atoms with van der Waals surface area (Å²) in [5.41, 5.74) is 0.651. The fourth-order valence-electron chi connectivity index (χ4n) is 0.884. The largest absolute Gasteiger partial charge is 0.348 e. The minimum absolute atomic E-state index is 0.290. The Labute approximate surface area is 70.1 Å². The molecule has 1 aromatic carbocycles. The molecule has 0 aliphatic carbocycles. The zero-order chi connectivity index (χ0) is 7.84. The van der Waals surface area contributed by atoms with E-state index in [2.05, 4.69) is 21.1 Å². The van der Waals surface area contributed by atoms with Crippen LogP contribution in [0.25, 0.3) is 10.9 Å². The van der Waals surface area contributed by atoms with Crippen molar-refractivity contribution in [1.29, 1.82) is 0 Å². The van der Waals surface area contributed by atoms with Crippen LogP contribution < -0.4 is 0 Å². The topological polar surface area (TPSA) is 26.0 Å². The summed E-state index contributed by atoms with van der Waals surface area (Å²) in [5, 5.41) is 4.33. The molecule has 0 aliphatic heterocycles. The minimum atomic E-state index is -0.290. The second-order valence-electron chi connectivity index (χ2n) is 2.12. The highest BCUT2D eigenvalue weighted by Crippen LogP contribution is 2.23. The van der Waals surface area contributed by atoms with Gasteiger partial charge in [-0.2, -0.15) is 0 Å². The van der Waals surface area contributed by atoms with E-state index < -0.39 is 0 Å². The Kier molecular flexibility index (Phi) is 1.42. The SMILES string of the molecule is Fc1ccc2noc(Br)c2c1. The average molecular weight is 216 g/mol. The third kappa shape index (κ3) is 1.03. The van der Waals surface area contributed by atoms with Crippen LogP contribution in [0.15, 0.2) is 27.4 Å². The van der Waals surface area contributed by atoms with Gasteiger partial charge < -0.3 is 4.52 Å². The third-order valence-electron chi connectivity index (χ3n) is 1.39. The standard InChI is InChI=1S/C7H3BrFNO/c8-7-5-3-4(9)1-2-6(5)10-11-7/h1-3H. The van der Waals surface area contributed by atoms with E-state index in [1.54, 1.807) is 6.07 Å². The molecule has 2 aromatic rings. The molecule has 2 rings (SSSR count). The van der Waals surface area contributed by atoms with Crippen LogP contribution in [-0.2, 0) is 0 Å². The van der Waals surface area contributed by atoms with E-state index in [-0.39, 0.29) is 5.82 Å². The molecule has 1 heterocycles. The quantitative estimate of drug-likeness (QED) is 0.676. The lowest BCUT2D eigenvalue weighted by Crippen LogP contribution is -1.71. The molecule has 0 aliphatic rings. The van der Waals surface area contributed by atoms with Crippen molar-refractivity contribution < 1.29 is 8.91 Å². The zero-order valence-corrected chi connectivity index (χ0v) is 6.93. The Hall–Kier alpha value is -0.900. The van der Waals surface area contributed by atoms with Crippen LogP contribution in [0.4, 0.5) is 4.39 Å². The molecule has 0 radical (unpaired) electrons. The first-order valence-corrected chi connectivity index (χ1v) is 3.77. The van der Waals surface area contributed by atoms with Gasteiger partial charge in [-0.3, -0.25) is 0 Å². The van der Waals surface area contributed by atoms with E-state index in [1.165, 1.54) is 12.1 Å². The van der Waals surface area contributed by atoms with Gasteiger partial charge in [-0.05, 0) is 34.1 Å². The number of rotatable bonds is 0. The number of halogens is 2. The summed E-state index contributed by atoms with van der Waals surface area (Å²) >= 11 is 3.11. The maximum absolute atomic E-state index is 12.6. The molecule has 0 unspecified atom stereocenters. The van der Waals surface area contributed by atoms with Crippen molar-refractivity contribution in [3.63, 3.8) is 0 Å². The van der Waals surface area contributed by atoms with Gasteiger partial charge in [-0.25, -0.2) is 4.39 Å². The van der Waals surface area contributed by atoms with Gasteiger partial charge in [0, 0.05) is 0 Å². The second-order valence-corrected chi connectivity index (χ2v) is 2.84. The number of nitrogens with zero attached hydrogens (tertiary/aromatic N) is 1. The van der Waals surface area contributed by atoms with E-state index >= 15 is 0 Å². The summed E-state index contributed by atoms with van der Waals surface area (Å²) in [6, 6.07) is 4.28. The van der Waals surface area contributed by atoms with Crippen LogP contribution >= 0.6 is 15.9 Å². The Morgan fingerprint density at radius 1 is 1.45 bits per heavy atom. The van der Waals surface area contributed by atoms with Crippen molar-refractivity contribution >= 4 is 26.8 Å². The van der Waals surface area contributed by atoms with Crippen LogP contribution in [0.3, 0.4) is 0 Å². The summed E-state index contributed by atoms with van der Waals surface area (Å²) < 4.78 is 17.8. The summed E-state index contributed by atoms with van der Waals surface area (Å²) in [7, 11) is 0. The van der Waals surface area contributed by atoms with E-state index in [4.69, 9.17) is 4.52 Å². The van der Waals surface area contributed by atoms with Gasteiger partial charge in [-0.1, -0.05) is 5.16 Å². The lowest BCUT2D eigenvalue weighted by atomic mass is 10.2. The third-order valence-corrected chi connectivity index (χ3v) is 1.97. The fourth-order valence-corrected chi connectivity index (χ4v) is 1.27. The van der Waals surface area contributed by atoms with Crippen molar-refractivity contribution in [1.82, 2.24) is 5.16 Å². The molecule has 0 atom stereocenters. The van der Waals surface area contributed by atoms with Crippen LogP contribution in [0.5, 0.6) is 0 Å². The van der Waals surface area contributed by atoms with Gasteiger partial charge >= 0.3 is 0 Å². The molecule has 0 fully saturated rings. The average Bonchev–Trinajstić information content (AvgIpc) is 2.33. The van der Waals surface area contributed by atoms with Crippen molar-refractivity contribution in [2.24, 2.45) is 0 Å². The molecule has 1 aromatic heterocycles. The Balaban J connectivity index is 2.87. The maximum atomic E-state index is 12.6. The Bertz CT molecular complexity index is 398. The van der Waals surface area contributed by atoms with Crippen molar-refractivity contribution in [2.75, 3.05) is 0 Å². The molecule has 56 valence electrons. The lowest BCUT2D eigenvalue weighted by molar-refractivity contribution is 0.408. The second kappa shape index (κ2) is 2.30. The number of aromatic nitrogens is 1. The molecule has 0 spiro atoms. The molecule has 0 saturated heterocycles. The highest BCUT2D eigenvalue weighted by atomic mass is 79.9. The molecule has 0 bridgehead atoms. The summed E-state index contributed by atoms with van der Waals surface area (Å²) in [6.07, 6.45) is 0. The first-order valence-electron chi connectivity index (χ1n) is 2.98. The molecule has 0 saturated carbocycles. The van der Waals surface area contributed by atoms with Crippen molar-refractivity contribution in [3.05, 3.63) is 28.7 Å². The molecule has 2 nitrogen and oxygen atoms in total. The Morgan fingerprint density at radius 2 is 2.27 bits per heavy atom. The van der Waals surface area contributed by atoms with Crippen LogP contribution in [0, 0.1) is 5.82 Å². The molecule has 11 heavy (non-hydrogen) atoms. The van der Waals surface area contributed by atoms with Crippen molar-refractivity contribution in [2.45, 2.75) is 0 Å². The minimum Gasteiger partial charge on any atom is -0.348 e. The van der Waals surface area contributed by atoms with Crippen LogP contribution in [0.2, 0.25) is 0 Å². The van der Waals surface area contributed by atoms with E-state index in [1.807, 2.05) is 0 Å². The fraction of sp³-hybridized carbons (Fsp3) is 0. The van der Waals surface area contributed by atoms with Crippen LogP contribution in [0.1, 0.15) is 0 Å². The smallest absolute Gasteiger partial charge is 0.209 e. The van der Waals surface area contributed by atoms with Gasteiger partial charge in [-0.15, -0.1) is 0 Å². The molecule has 4 heteroatoms. The monoisotopic (exact) mass is 215 g/mol. The van der Waals surface area contributed by atoms with Gasteiger partial charge in [0.05, 0.1) is 5.39 Å². The van der Waals surface area contributed by atoms with Gasteiger partial charge in [0.2, 0.25) is 4.67 Å². The predicted molar refractivity (Wildman–Crippen MR) is 41.7 cm³/mol. The first-order chi connectivity index (χ1) is 5.27. The number of fused-ring (bicyclic) bond motifs is 1. The van der Waals surface area contributed by atoms with Crippen LogP contribution in [-0.4, -0.2) is 5.16 Å². The predicted octanol–water partition coefficient (Wildman–Crippen LogP) is 2.73. The molecular weight excluding hydrogens is 213 g/mol. The number of hydrogen-bond donors (Lipinski definition) is 0. The highest BCUT2D eigenvalue weighted by Gasteiger charge is 2.04. The number of hydrogen-bond acceptors (Lipinski definition) is 2. The maximum Gasteiger partial charge on any atom is 0.209 e. The first kappa shape index (κ1) is 6.79. The molecule has 0 amide bonds. The molecular formula is C7H3BrFNO. The van der Waals surface area contributed by atoms with Gasteiger partial charge in [0.25, 0.3) is 0 Å². The summed E-state index contributed by atoms with van der Waals surface area (Å²) in [6.45, 7) is 0. The molecule has 0 N–H and O–H groups in total. The number of benzene rings is 1. The van der Waals surface area contributed by atoms with Gasteiger partial charge in [0.15, 0.2) is 0 Å². The van der Waals surface area contributed by atoms with Gasteiger partial charge in [0.1, 0.15) is 11.3 Å². The van der Waals surface area contributed by atoms with E-state index in [0.717, 1.165) is 0 Å². The lowest BCUT2D eigenvalue weighted by Gasteiger charge is -1.85. The summed E-state index contributed by atoms with van der Waals surface area (Å²) in [5.74, 6) is -0.290. The highest BCUT2D eigenvalue weighted by molar-refractivity contribution is 9.10. The zero-order valence-electron chi connectivity index (χ0n) is 5.34. The van der Waals surface area contributed by atoms with Crippen molar-refractivity contribution in [3.8, 4) is 0 Å². The van der Waals surface area contributed by atoms with E-state index in [0.29, 0.717) is 15.6 Å².